The van der Waals surface area contributed by atoms with Gasteiger partial charge in [-0.2, -0.15) is 4.98 Å². The second-order valence-corrected chi connectivity index (χ2v) is 5.45. The molecule has 0 atom stereocenters. The lowest BCUT2D eigenvalue weighted by molar-refractivity contribution is 0.334. The third-order valence-electron chi connectivity index (χ3n) is 3.89. The molecular weight excluding hydrogens is 282 g/mol. The number of aryl methyl sites for hydroxylation is 1. The minimum absolute atomic E-state index is 0.180. The van der Waals surface area contributed by atoms with Gasteiger partial charge in [-0.25, -0.2) is 4.98 Å². The van der Waals surface area contributed by atoms with Crippen LogP contribution in [0.2, 0.25) is 0 Å². The molecule has 0 aromatic carbocycles. The Bertz CT molecular complexity index is 722. The number of ether oxygens (including phenoxy) is 1. The maximum absolute atomic E-state index is 12.2. The second-order valence-electron chi connectivity index (χ2n) is 5.45. The van der Waals surface area contributed by atoms with Gasteiger partial charge in [0.15, 0.2) is 5.75 Å². The van der Waals surface area contributed by atoms with Gasteiger partial charge in [0.25, 0.3) is 5.56 Å². The average molecular weight is 303 g/mol. The number of aromatic nitrogens is 3. The molecule has 22 heavy (non-hydrogen) atoms. The summed E-state index contributed by atoms with van der Waals surface area (Å²) in [4.78, 5) is 21.1. The molecule has 0 aliphatic carbocycles. The number of nitrogens with zero attached hydrogens (tertiary/aromatic N) is 3. The Balaban J connectivity index is 1.93. The molecule has 1 saturated heterocycles. The molecule has 0 spiro atoms. The molecule has 2 aromatic heterocycles. The van der Waals surface area contributed by atoms with Crippen LogP contribution in [-0.2, 0) is 7.05 Å². The molecule has 1 aliphatic rings. The van der Waals surface area contributed by atoms with Crippen LogP contribution in [0.25, 0.3) is 11.0 Å². The average Bonchev–Trinajstić information content (AvgIpc) is 2.54. The standard InChI is InChI=1S/C15H21N5O2/c1-3-22-12-8-10-9-17-15(18-11-4-6-16-7-5-11)19-13(10)20(2)14(12)21/h8-9,11,16H,3-7H2,1-2H3,(H,17,18,19). The van der Waals surface area contributed by atoms with E-state index in [0.717, 1.165) is 31.3 Å². The summed E-state index contributed by atoms with van der Waals surface area (Å²) in [6.45, 7) is 4.31. The monoisotopic (exact) mass is 303 g/mol. The van der Waals surface area contributed by atoms with Crippen molar-refractivity contribution >= 4 is 17.0 Å². The van der Waals surface area contributed by atoms with Crippen LogP contribution in [0.3, 0.4) is 0 Å². The van der Waals surface area contributed by atoms with E-state index in [0.29, 0.717) is 30.0 Å². The highest BCUT2D eigenvalue weighted by Crippen LogP contribution is 2.17. The molecule has 0 radical (unpaired) electrons. The number of hydrogen-bond donors (Lipinski definition) is 2. The van der Waals surface area contributed by atoms with Gasteiger partial charge in [-0.05, 0) is 38.9 Å². The third-order valence-corrected chi connectivity index (χ3v) is 3.89. The quantitative estimate of drug-likeness (QED) is 0.873. The Labute approximate surface area is 128 Å². The SMILES string of the molecule is CCOc1cc2cnc(NC3CCNCC3)nc2n(C)c1=O. The number of piperidine rings is 1. The van der Waals surface area contributed by atoms with Gasteiger partial charge in [-0.15, -0.1) is 0 Å². The summed E-state index contributed by atoms with van der Waals surface area (Å²) in [6.07, 6.45) is 3.82. The molecule has 1 aliphatic heterocycles. The smallest absolute Gasteiger partial charge is 0.294 e. The van der Waals surface area contributed by atoms with E-state index in [9.17, 15) is 4.79 Å². The van der Waals surface area contributed by atoms with Gasteiger partial charge in [-0.3, -0.25) is 9.36 Å². The first-order chi connectivity index (χ1) is 10.7. The van der Waals surface area contributed by atoms with Crippen molar-refractivity contribution in [3.05, 3.63) is 22.6 Å². The van der Waals surface area contributed by atoms with Crippen LogP contribution < -0.4 is 20.9 Å². The van der Waals surface area contributed by atoms with E-state index >= 15 is 0 Å². The maximum Gasteiger partial charge on any atom is 0.294 e. The summed E-state index contributed by atoms with van der Waals surface area (Å²) >= 11 is 0. The molecule has 118 valence electrons. The Morgan fingerprint density at radius 3 is 2.95 bits per heavy atom. The Morgan fingerprint density at radius 1 is 1.45 bits per heavy atom. The van der Waals surface area contributed by atoms with Crippen LogP contribution in [-0.4, -0.2) is 40.3 Å². The van der Waals surface area contributed by atoms with Crippen LogP contribution in [0.5, 0.6) is 5.75 Å². The summed E-state index contributed by atoms with van der Waals surface area (Å²) in [5, 5.41) is 7.47. The highest BCUT2D eigenvalue weighted by Gasteiger charge is 2.15. The van der Waals surface area contributed by atoms with Gasteiger partial charge in [0.05, 0.1) is 6.61 Å². The van der Waals surface area contributed by atoms with Gasteiger partial charge in [0, 0.05) is 24.7 Å². The molecule has 0 amide bonds. The Hall–Kier alpha value is -2.15. The molecule has 3 rings (SSSR count). The van der Waals surface area contributed by atoms with Crippen molar-refractivity contribution in [1.82, 2.24) is 19.9 Å². The molecular formula is C15H21N5O2. The lowest BCUT2D eigenvalue weighted by Crippen LogP contribution is -2.35. The van der Waals surface area contributed by atoms with Crippen LogP contribution in [0, 0.1) is 0 Å². The fraction of sp³-hybridized carbons (Fsp3) is 0.533. The lowest BCUT2D eigenvalue weighted by Gasteiger charge is -2.23. The van der Waals surface area contributed by atoms with E-state index in [1.807, 2.05) is 6.92 Å². The van der Waals surface area contributed by atoms with Crippen molar-refractivity contribution in [1.29, 1.82) is 0 Å². The molecule has 0 bridgehead atoms. The molecule has 7 heteroatoms. The molecule has 3 heterocycles. The number of rotatable bonds is 4. The number of nitrogens with one attached hydrogen (secondary N) is 2. The van der Waals surface area contributed by atoms with E-state index in [1.165, 1.54) is 4.57 Å². The fourth-order valence-electron chi connectivity index (χ4n) is 2.69. The predicted octanol–water partition coefficient (Wildman–Crippen LogP) is 0.891. The normalized spacial score (nSPS) is 15.9. The Morgan fingerprint density at radius 2 is 2.23 bits per heavy atom. The van der Waals surface area contributed by atoms with Gasteiger partial charge < -0.3 is 15.4 Å². The summed E-state index contributed by atoms with van der Waals surface area (Å²) < 4.78 is 6.88. The molecule has 2 N–H and O–H groups in total. The minimum atomic E-state index is -0.180. The lowest BCUT2D eigenvalue weighted by atomic mass is 10.1. The minimum Gasteiger partial charge on any atom is -0.488 e. The van der Waals surface area contributed by atoms with Crippen LogP contribution in [0.4, 0.5) is 5.95 Å². The van der Waals surface area contributed by atoms with Crippen LogP contribution in [0.1, 0.15) is 19.8 Å². The van der Waals surface area contributed by atoms with Crippen molar-refractivity contribution in [2.45, 2.75) is 25.8 Å². The third kappa shape index (κ3) is 2.89. The van der Waals surface area contributed by atoms with E-state index in [2.05, 4.69) is 20.6 Å². The number of anilines is 1. The molecule has 7 nitrogen and oxygen atoms in total. The van der Waals surface area contributed by atoms with Crippen molar-refractivity contribution in [2.75, 3.05) is 25.0 Å². The van der Waals surface area contributed by atoms with Crippen LogP contribution >= 0.6 is 0 Å². The fourth-order valence-corrected chi connectivity index (χ4v) is 2.69. The van der Waals surface area contributed by atoms with Gasteiger partial charge in [0.2, 0.25) is 5.95 Å². The van der Waals surface area contributed by atoms with Gasteiger partial charge in [0.1, 0.15) is 5.65 Å². The highest BCUT2D eigenvalue weighted by molar-refractivity contribution is 5.76. The topological polar surface area (TPSA) is 81.1 Å². The first-order valence-electron chi connectivity index (χ1n) is 7.66. The van der Waals surface area contributed by atoms with Crippen LogP contribution in [0.15, 0.2) is 17.1 Å². The highest BCUT2D eigenvalue weighted by atomic mass is 16.5. The zero-order chi connectivity index (χ0) is 15.5. The molecule has 0 unspecified atom stereocenters. The summed E-state index contributed by atoms with van der Waals surface area (Å²) in [7, 11) is 1.70. The van der Waals surface area contributed by atoms with Crippen molar-refractivity contribution in [3.63, 3.8) is 0 Å². The number of fused-ring (bicyclic) bond motifs is 1. The maximum atomic E-state index is 12.2. The van der Waals surface area contributed by atoms with Crippen molar-refractivity contribution in [2.24, 2.45) is 7.05 Å². The van der Waals surface area contributed by atoms with Gasteiger partial charge >= 0.3 is 0 Å². The molecule has 2 aromatic rings. The van der Waals surface area contributed by atoms with Crippen molar-refractivity contribution < 1.29 is 4.74 Å². The van der Waals surface area contributed by atoms with E-state index in [1.54, 1.807) is 19.3 Å². The zero-order valence-corrected chi connectivity index (χ0v) is 12.9. The van der Waals surface area contributed by atoms with Crippen molar-refractivity contribution in [3.8, 4) is 5.75 Å². The molecule has 1 fully saturated rings. The summed E-state index contributed by atoms with van der Waals surface area (Å²) in [6, 6.07) is 2.08. The first-order valence-corrected chi connectivity index (χ1v) is 7.66. The Kier molecular flexibility index (Phi) is 4.24. The molecule has 0 saturated carbocycles. The second kappa shape index (κ2) is 6.31. The number of pyridine rings is 1. The predicted molar refractivity (Wildman–Crippen MR) is 85.5 cm³/mol. The summed E-state index contributed by atoms with van der Waals surface area (Å²) in [5.41, 5.74) is 0.431. The van der Waals surface area contributed by atoms with E-state index < -0.39 is 0 Å². The first kappa shape index (κ1) is 14.8. The van der Waals surface area contributed by atoms with E-state index in [4.69, 9.17) is 4.74 Å². The number of hydrogen-bond acceptors (Lipinski definition) is 6. The zero-order valence-electron chi connectivity index (χ0n) is 12.9. The summed E-state index contributed by atoms with van der Waals surface area (Å²) in [5.74, 6) is 0.902. The largest absolute Gasteiger partial charge is 0.488 e. The van der Waals surface area contributed by atoms with Gasteiger partial charge in [-0.1, -0.05) is 0 Å². The van der Waals surface area contributed by atoms with E-state index in [-0.39, 0.29) is 5.56 Å².